The fourth-order valence-electron chi connectivity index (χ4n) is 4.43. The van der Waals surface area contributed by atoms with Crippen molar-refractivity contribution in [2.75, 3.05) is 43.7 Å². The van der Waals surface area contributed by atoms with Crippen LogP contribution in [-0.4, -0.2) is 64.7 Å². The molecule has 2 atom stereocenters. The van der Waals surface area contributed by atoms with Crippen LogP contribution >= 0.6 is 0 Å². The summed E-state index contributed by atoms with van der Waals surface area (Å²) in [5, 5.41) is 0. The lowest BCUT2D eigenvalue weighted by Crippen LogP contribution is -2.37. The Kier molecular flexibility index (Phi) is 6.97. The topological polar surface area (TPSA) is 89.0 Å². The smallest absolute Gasteiger partial charge is 0.263 e. The number of rotatable bonds is 8. The Hall–Kier alpha value is -2.94. The summed E-state index contributed by atoms with van der Waals surface area (Å²) in [6.45, 7) is 4.08. The van der Waals surface area contributed by atoms with Crippen LogP contribution in [-0.2, 0) is 10.8 Å². The quantitative estimate of drug-likeness (QED) is 0.546. The van der Waals surface area contributed by atoms with E-state index in [1.54, 1.807) is 37.6 Å². The number of aromatic nitrogens is 1. The monoisotopic (exact) mass is 471 g/mol. The number of carbonyl (C=O) groups is 2. The number of hydrogen-bond donors (Lipinski definition) is 0. The van der Waals surface area contributed by atoms with E-state index in [1.807, 2.05) is 6.92 Å². The predicted octanol–water partition coefficient (Wildman–Crippen LogP) is 3.20. The van der Waals surface area contributed by atoms with Gasteiger partial charge >= 0.3 is 0 Å². The molecule has 1 aromatic carbocycles. The lowest BCUT2D eigenvalue weighted by Gasteiger charge is -2.27. The molecular weight excluding hydrogens is 442 g/mol. The number of hydrogen-bond acceptors (Lipinski definition) is 7. The second-order valence-corrected chi connectivity index (χ2v) is 9.69. The molecule has 2 aliphatic rings. The standard InChI is InChI=1S/C24H29N3O5S/c1-4-32-21-12-16(8-9-20(21)31-2)19(15-33(3)30)27-23(28)17-13-22(25-14-18(17)24(27)29)26-10-6-5-7-11-26/h8-9,12-14,19H,4-7,10-11,15H2,1-3H3. The largest absolute Gasteiger partial charge is 0.493 e. The van der Waals surface area contributed by atoms with Gasteiger partial charge in [-0.1, -0.05) is 6.07 Å². The predicted molar refractivity (Wildman–Crippen MR) is 127 cm³/mol. The maximum Gasteiger partial charge on any atom is 0.263 e. The van der Waals surface area contributed by atoms with Crippen LogP contribution in [0.4, 0.5) is 5.82 Å². The van der Waals surface area contributed by atoms with Crippen LogP contribution in [0.3, 0.4) is 0 Å². The molecule has 1 aromatic heterocycles. The molecule has 8 nitrogen and oxygen atoms in total. The Morgan fingerprint density at radius 3 is 2.45 bits per heavy atom. The third kappa shape index (κ3) is 4.59. The molecule has 1 fully saturated rings. The van der Waals surface area contributed by atoms with E-state index in [4.69, 9.17) is 9.47 Å². The molecule has 176 valence electrons. The Morgan fingerprint density at radius 1 is 1.06 bits per heavy atom. The van der Waals surface area contributed by atoms with E-state index >= 15 is 0 Å². The summed E-state index contributed by atoms with van der Waals surface area (Å²) in [5.74, 6) is 1.09. The summed E-state index contributed by atoms with van der Waals surface area (Å²) in [6.07, 6.45) is 6.42. The second kappa shape index (κ2) is 9.91. The highest BCUT2D eigenvalue weighted by molar-refractivity contribution is 7.84. The number of imide groups is 1. The number of pyridine rings is 1. The van der Waals surface area contributed by atoms with Gasteiger partial charge in [0.1, 0.15) is 5.82 Å². The highest BCUT2D eigenvalue weighted by Gasteiger charge is 2.42. The third-order valence-electron chi connectivity index (χ3n) is 6.04. The summed E-state index contributed by atoms with van der Waals surface area (Å²) in [5.41, 5.74) is 1.29. The lowest BCUT2D eigenvalue weighted by atomic mass is 10.1. The van der Waals surface area contributed by atoms with Gasteiger partial charge in [-0.05, 0) is 49.9 Å². The number of benzene rings is 1. The van der Waals surface area contributed by atoms with Crippen LogP contribution in [0.15, 0.2) is 30.5 Å². The third-order valence-corrected chi connectivity index (χ3v) is 6.83. The van der Waals surface area contributed by atoms with Gasteiger partial charge in [-0.3, -0.25) is 18.7 Å². The average molecular weight is 472 g/mol. The fourth-order valence-corrected chi connectivity index (χ4v) is 5.22. The molecule has 9 heteroatoms. The van der Waals surface area contributed by atoms with Gasteiger partial charge < -0.3 is 14.4 Å². The Balaban J connectivity index is 1.70. The van der Waals surface area contributed by atoms with Gasteiger partial charge in [0.05, 0.1) is 30.9 Å². The number of nitrogens with zero attached hydrogens (tertiary/aromatic N) is 3. The molecule has 4 rings (SSSR count). The number of fused-ring (bicyclic) bond motifs is 1. The molecule has 0 radical (unpaired) electrons. The maximum atomic E-state index is 13.5. The van der Waals surface area contributed by atoms with Crippen molar-refractivity contribution in [2.24, 2.45) is 0 Å². The lowest BCUT2D eigenvalue weighted by molar-refractivity contribution is 0.0597. The zero-order valence-corrected chi connectivity index (χ0v) is 20.0. The normalized spacial score (nSPS) is 17.7. The molecule has 2 aromatic rings. The van der Waals surface area contributed by atoms with Crippen molar-refractivity contribution < 1.29 is 23.3 Å². The van der Waals surface area contributed by atoms with Crippen LogP contribution in [0.25, 0.3) is 0 Å². The first kappa shape index (κ1) is 23.2. The number of methoxy groups -OCH3 is 1. The van der Waals surface area contributed by atoms with Gasteiger partial charge in [0, 0.05) is 42.1 Å². The summed E-state index contributed by atoms with van der Waals surface area (Å²) in [6, 6.07) is 6.29. The van der Waals surface area contributed by atoms with Crippen molar-refractivity contribution in [3.63, 3.8) is 0 Å². The van der Waals surface area contributed by atoms with Crippen LogP contribution in [0.5, 0.6) is 11.5 Å². The Morgan fingerprint density at radius 2 is 1.79 bits per heavy atom. The molecule has 1 saturated heterocycles. The molecule has 3 heterocycles. The van der Waals surface area contributed by atoms with Crippen molar-refractivity contribution in [2.45, 2.75) is 32.2 Å². The average Bonchev–Trinajstić information content (AvgIpc) is 3.07. The molecule has 2 aliphatic heterocycles. The van der Waals surface area contributed by atoms with Gasteiger partial charge in [0.15, 0.2) is 11.5 Å². The first-order valence-electron chi connectivity index (χ1n) is 11.2. The van der Waals surface area contributed by atoms with E-state index in [0.29, 0.717) is 29.2 Å². The van der Waals surface area contributed by atoms with Crippen molar-refractivity contribution in [1.82, 2.24) is 9.88 Å². The van der Waals surface area contributed by atoms with Gasteiger partial charge in [0.2, 0.25) is 0 Å². The van der Waals surface area contributed by atoms with Crippen LogP contribution < -0.4 is 14.4 Å². The molecule has 2 amide bonds. The molecular formula is C24H29N3O5S. The molecule has 0 spiro atoms. The zero-order valence-electron chi connectivity index (χ0n) is 19.2. The second-order valence-electron chi connectivity index (χ2n) is 8.22. The fraction of sp³-hybridized carbons (Fsp3) is 0.458. The molecule has 0 N–H and O–H groups in total. The molecule has 0 bridgehead atoms. The van der Waals surface area contributed by atoms with Crippen LogP contribution in [0, 0.1) is 0 Å². The molecule has 33 heavy (non-hydrogen) atoms. The number of anilines is 1. The summed E-state index contributed by atoms with van der Waals surface area (Å²) < 4.78 is 23.3. The molecule has 2 unspecified atom stereocenters. The van der Waals surface area contributed by atoms with E-state index in [0.717, 1.165) is 31.7 Å². The highest BCUT2D eigenvalue weighted by atomic mass is 32.2. The summed E-state index contributed by atoms with van der Waals surface area (Å²) in [7, 11) is 0.294. The number of ether oxygens (including phenoxy) is 2. The minimum Gasteiger partial charge on any atom is -0.493 e. The maximum absolute atomic E-state index is 13.5. The van der Waals surface area contributed by atoms with E-state index in [-0.39, 0.29) is 17.2 Å². The number of piperidine rings is 1. The van der Waals surface area contributed by atoms with Crippen molar-refractivity contribution in [3.8, 4) is 11.5 Å². The van der Waals surface area contributed by atoms with Crippen molar-refractivity contribution in [3.05, 3.63) is 47.2 Å². The van der Waals surface area contributed by atoms with Crippen LogP contribution in [0.1, 0.15) is 58.5 Å². The minimum absolute atomic E-state index is 0.121. The Labute approximate surface area is 196 Å². The first-order chi connectivity index (χ1) is 15.9. The zero-order chi connectivity index (χ0) is 23.5. The van der Waals surface area contributed by atoms with Crippen molar-refractivity contribution in [1.29, 1.82) is 0 Å². The van der Waals surface area contributed by atoms with Gasteiger partial charge in [-0.2, -0.15) is 0 Å². The van der Waals surface area contributed by atoms with Crippen molar-refractivity contribution >= 4 is 28.4 Å². The van der Waals surface area contributed by atoms with E-state index in [9.17, 15) is 13.8 Å². The SMILES string of the molecule is CCOc1cc(C(CS(C)=O)N2C(=O)c3cnc(N4CCCCC4)cc3C2=O)ccc1OC. The van der Waals surface area contributed by atoms with Gasteiger partial charge in [0.25, 0.3) is 11.8 Å². The van der Waals surface area contributed by atoms with E-state index < -0.39 is 22.7 Å². The van der Waals surface area contributed by atoms with Crippen LogP contribution in [0.2, 0.25) is 0 Å². The number of amides is 2. The van der Waals surface area contributed by atoms with Gasteiger partial charge in [-0.25, -0.2) is 4.98 Å². The van der Waals surface area contributed by atoms with Gasteiger partial charge in [-0.15, -0.1) is 0 Å². The van der Waals surface area contributed by atoms with E-state index in [2.05, 4.69) is 9.88 Å². The molecule has 0 saturated carbocycles. The minimum atomic E-state index is -1.26. The Bertz CT molecular complexity index is 1080. The molecule has 0 aliphatic carbocycles. The first-order valence-corrected chi connectivity index (χ1v) is 12.9. The summed E-state index contributed by atoms with van der Waals surface area (Å²) >= 11 is 0. The highest BCUT2D eigenvalue weighted by Crippen LogP contribution is 2.37. The summed E-state index contributed by atoms with van der Waals surface area (Å²) in [4.78, 5) is 34.6. The van der Waals surface area contributed by atoms with E-state index in [1.165, 1.54) is 17.5 Å². The number of carbonyl (C=O) groups excluding carboxylic acids is 2.